The quantitative estimate of drug-likeness (QED) is 0.192. The molecule has 1 aliphatic heterocycles. The Bertz CT molecular complexity index is 1250. The molecule has 196 valence electrons. The number of hydrogen-bond donors (Lipinski definition) is 1. The van der Waals surface area contributed by atoms with Gasteiger partial charge >= 0.3 is 11.9 Å². The maximum absolute atomic E-state index is 12.9. The number of anilines is 1. The number of carbonyl (C=O) groups excluding carboxylic acids is 5. The van der Waals surface area contributed by atoms with E-state index in [0.29, 0.717) is 16.2 Å². The Hall–Kier alpha value is -2.85. The molecule has 37 heavy (non-hydrogen) atoms. The van der Waals surface area contributed by atoms with E-state index in [0.717, 1.165) is 0 Å². The molecule has 3 rings (SSSR count). The fourth-order valence-electron chi connectivity index (χ4n) is 3.29. The molecule has 0 bridgehead atoms. The molecular formula is C24H20Cl4N2O7. The van der Waals surface area contributed by atoms with Gasteiger partial charge in [0.15, 0.2) is 6.61 Å². The predicted molar refractivity (Wildman–Crippen MR) is 138 cm³/mol. The summed E-state index contributed by atoms with van der Waals surface area (Å²) in [4.78, 5) is 63.1. The number of carbonyl (C=O) groups is 5. The molecule has 1 aliphatic rings. The number of amides is 3. The molecule has 3 amide bonds. The molecule has 2 aromatic carbocycles. The maximum atomic E-state index is 12.9. The van der Waals surface area contributed by atoms with Crippen molar-refractivity contribution in [1.29, 1.82) is 0 Å². The molecule has 0 radical (unpaired) electrons. The Morgan fingerprint density at radius 3 is 1.84 bits per heavy atom. The van der Waals surface area contributed by atoms with E-state index in [1.54, 1.807) is 0 Å². The first-order valence-electron chi connectivity index (χ1n) is 10.8. The number of nitrogens with one attached hydrogen (secondary N) is 1. The van der Waals surface area contributed by atoms with E-state index in [4.69, 9.17) is 55.9 Å². The normalized spacial score (nSPS) is 13.5. The molecule has 1 atom stereocenters. The van der Waals surface area contributed by atoms with Crippen molar-refractivity contribution in [2.75, 3.05) is 18.5 Å². The van der Waals surface area contributed by atoms with Gasteiger partial charge < -0.3 is 14.8 Å². The van der Waals surface area contributed by atoms with Crippen LogP contribution in [0.2, 0.25) is 20.1 Å². The van der Waals surface area contributed by atoms with Crippen LogP contribution in [-0.4, -0.2) is 53.8 Å². The van der Waals surface area contributed by atoms with Crippen LogP contribution >= 0.6 is 46.4 Å². The summed E-state index contributed by atoms with van der Waals surface area (Å²) in [5.41, 5.74) is 0.0931. The van der Waals surface area contributed by atoms with Gasteiger partial charge in [0.25, 0.3) is 17.7 Å². The van der Waals surface area contributed by atoms with Gasteiger partial charge in [-0.05, 0) is 37.1 Å². The van der Waals surface area contributed by atoms with Crippen LogP contribution in [0.4, 0.5) is 5.69 Å². The van der Waals surface area contributed by atoms with Crippen LogP contribution in [0.15, 0.2) is 24.3 Å². The van der Waals surface area contributed by atoms with Gasteiger partial charge in [0.2, 0.25) is 0 Å². The molecule has 2 aromatic rings. The van der Waals surface area contributed by atoms with Crippen molar-refractivity contribution >= 4 is 81.8 Å². The molecule has 0 aromatic heterocycles. The molecule has 0 aliphatic carbocycles. The molecule has 9 nitrogen and oxygen atoms in total. The summed E-state index contributed by atoms with van der Waals surface area (Å²) in [5.74, 6) is -3.84. The second-order valence-electron chi connectivity index (χ2n) is 8.39. The van der Waals surface area contributed by atoms with Gasteiger partial charge in [-0.1, -0.05) is 60.3 Å². The van der Waals surface area contributed by atoms with Crippen molar-refractivity contribution in [2.24, 2.45) is 5.92 Å². The van der Waals surface area contributed by atoms with E-state index in [1.165, 1.54) is 31.2 Å². The largest absolute Gasteiger partial charge is 0.462 e. The summed E-state index contributed by atoms with van der Waals surface area (Å²) < 4.78 is 10.1. The first-order chi connectivity index (χ1) is 17.3. The third kappa shape index (κ3) is 6.01. The van der Waals surface area contributed by atoms with Gasteiger partial charge in [-0.3, -0.25) is 19.3 Å². The number of hydrogen-bond acceptors (Lipinski definition) is 7. The lowest BCUT2D eigenvalue weighted by atomic mass is 10.1. The number of fused-ring (bicyclic) bond motifs is 1. The molecular weight excluding hydrogens is 570 g/mol. The molecule has 1 heterocycles. The first kappa shape index (κ1) is 28.7. The topological polar surface area (TPSA) is 119 Å². The van der Waals surface area contributed by atoms with Crippen molar-refractivity contribution in [3.63, 3.8) is 0 Å². The summed E-state index contributed by atoms with van der Waals surface area (Å²) >= 11 is 24.1. The smallest absolute Gasteiger partial charge is 0.338 e. The highest BCUT2D eigenvalue weighted by atomic mass is 35.5. The lowest BCUT2D eigenvalue weighted by molar-refractivity contribution is -0.150. The van der Waals surface area contributed by atoms with Crippen LogP contribution in [0.3, 0.4) is 0 Å². The third-order valence-electron chi connectivity index (χ3n) is 5.16. The van der Waals surface area contributed by atoms with Crippen LogP contribution in [0.1, 0.15) is 51.8 Å². The molecule has 0 unspecified atom stereocenters. The van der Waals surface area contributed by atoms with E-state index < -0.39 is 42.3 Å². The monoisotopic (exact) mass is 588 g/mol. The van der Waals surface area contributed by atoms with E-state index >= 15 is 0 Å². The van der Waals surface area contributed by atoms with Crippen molar-refractivity contribution < 1.29 is 33.4 Å². The Kier molecular flexibility index (Phi) is 9.07. The number of halogens is 4. The average molecular weight is 590 g/mol. The summed E-state index contributed by atoms with van der Waals surface area (Å²) in [7, 11) is 0. The standard InChI is InChI=1S/C24H20Cl4N2O7/c1-10(2)8-36-24(35)12-4-6-13(7-5-12)29-14(31)9-37-23(34)11(3)30-21(32)15-16(22(30)33)18(26)20(28)19(27)17(15)25/h4-7,10-11H,8-9H2,1-3H3,(H,29,31)/t11-/m1/s1. The predicted octanol–water partition coefficient (Wildman–Crippen LogP) is 5.28. The maximum Gasteiger partial charge on any atom is 0.338 e. The fraction of sp³-hybridized carbons (Fsp3) is 0.292. The minimum absolute atomic E-state index is 0.192. The fourth-order valence-corrected chi connectivity index (χ4v) is 4.31. The zero-order valence-corrected chi connectivity index (χ0v) is 22.7. The SMILES string of the molecule is CC(C)COC(=O)c1ccc(NC(=O)COC(=O)[C@@H](C)N2C(=O)c3c(Cl)c(Cl)c(Cl)c(Cl)c3C2=O)cc1. The number of imide groups is 1. The van der Waals surface area contributed by atoms with Gasteiger partial charge in [0.05, 0.1) is 43.4 Å². The van der Waals surface area contributed by atoms with Crippen LogP contribution in [0.5, 0.6) is 0 Å². The molecule has 1 N–H and O–H groups in total. The Morgan fingerprint density at radius 1 is 0.838 bits per heavy atom. The van der Waals surface area contributed by atoms with E-state index in [9.17, 15) is 24.0 Å². The molecule has 0 spiro atoms. The van der Waals surface area contributed by atoms with Crippen LogP contribution in [0.25, 0.3) is 0 Å². The molecule has 0 saturated heterocycles. The average Bonchev–Trinajstić information content (AvgIpc) is 3.12. The van der Waals surface area contributed by atoms with Gasteiger partial charge in [0.1, 0.15) is 6.04 Å². The van der Waals surface area contributed by atoms with Gasteiger partial charge in [0, 0.05) is 5.69 Å². The summed E-state index contributed by atoms with van der Waals surface area (Å²) in [6.07, 6.45) is 0. The highest BCUT2D eigenvalue weighted by Gasteiger charge is 2.45. The minimum atomic E-state index is -1.42. The molecule has 0 saturated carbocycles. The van der Waals surface area contributed by atoms with Crippen molar-refractivity contribution in [3.8, 4) is 0 Å². The van der Waals surface area contributed by atoms with E-state index in [-0.39, 0.29) is 43.7 Å². The highest BCUT2D eigenvalue weighted by Crippen LogP contribution is 2.45. The van der Waals surface area contributed by atoms with Gasteiger partial charge in [-0.25, -0.2) is 9.59 Å². The lowest BCUT2D eigenvalue weighted by Crippen LogP contribution is -2.44. The highest BCUT2D eigenvalue weighted by molar-refractivity contribution is 6.55. The minimum Gasteiger partial charge on any atom is -0.462 e. The summed E-state index contributed by atoms with van der Waals surface area (Å²) in [6.45, 7) is 4.64. The van der Waals surface area contributed by atoms with E-state index in [1.807, 2.05) is 13.8 Å². The zero-order valence-electron chi connectivity index (χ0n) is 19.7. The first-order valence-corrected chi connectivity index (χ1v) is 12.3. The Balaban J connectivity index is 1.60. The molecule has 13 heteroatoms. The second kappa shape index (κ2) is 11.7. The lowest BCUT2D eigenvalue weighted by Gasteiger charge is -2.20. The van der Waals surface area contributed by atoms with Gasteiger partial charge in [-0.15, -0.1) is 0 Å². The number of rotatable bonds is 8. The summed E-state index contributed by atoms with van der Waals surface area (Å²) in [6, 6.07) is 4.50. The number of nitrogens with zero attached hydrogens (tertiary/aromatic N) is 1. The number of benzene rings is 2. The van der Waals surface area contributed by atoms with Crippen molar-refractivity contribution in [3.05, 3.63) is 61.0 Å². The Labute approximate surface area is 231 Å². The third-order valence-corrected chi connectivity index (χ3v) is 6.96. The van der Waals surface area contributed by atoms with Crippen LogP contribution < -0.4 is 5.32 Å². The number of ether oxygens (including phenoxy) is 2. The van der Waals surface area contributed by atoms with Crippen LogP contribution in [-0.2, 0) is 19.1 Å². The zero-order chi connectivity index (χ0) is 27.6. The number of esters is 2. The summed E-state index contributed by atoms with van der Waals surface area (Å²) in [5, 5.41) is 1.54. The van der Waals surface area contributed by atoms with Crippen molar-refractivity contribution in [2.45, 2.75) is 26.8 Å². The second-order valence-corrected chi connectivity index (χ2v) is 9.90. The van der Waals surface area contributed by atoms with Gasteiger partial charge in [-0.2, -0.15) is 0 Å². The molecule has 0 fully saturated rings. The van der Waals surface area contributed by atoms with E-state index in [2.05, 4.69) is 5.32 Å². The van der Waals surface area contributed by atoms with Crippen LogP contribution in [0, 0.1) is 5.92 Å². The Morgan fingerprint density at radius 2 is 1.35 bits per heavy atom. The van der Waals surface area contributed by atoms with Crippen molar-refractivity contribution in [1.82, 2.24) is 4.90 Å².